The molecule has 0 aliphatic heterocycles. The van der Waals surface area contributed by atoms with Crippen molar-refractivity contribution in [1.29, 1.82) is 5.26 Å². The van der Waals surface area contributed by atoms with Crippen molar-refractivity contribution >= 4 is 23.2 Å². The lowest BCUT2D eigenvalue weighted by Gasteiger charge is -2.38. The van der Waals surface area contributed by atoms with Gasteiger partial charge in [-0.1, -0.05) is 49.1 Å². The molecule has 2 aromatic rings. The van der Waals surface area contributed by atoms with E-state index in [0.717, 1.165) is 36.0 Å². The highest BCUT2D eigenvalue weighted by Gasteiger charge is 2.39. The monoisotopic (exact) mass is 396 g/mol. The number of ether oxygens (including phenoxy) is 1. The predicted molar refractivity (Wildman–Crippen MR) is 109 cm³/mol. The summed E-state index contributed by atoms with van der Waals surface area (Å²) in [5, 5.41) is 11.5. The molecular weight excluding hydrogens is 372 g/mol. The number of rotatable bonds is 5. The first-order valence-electron chi connectivity index (χ1n) is 9.46. The molecule has 1 saturated carbocycles. The second-order valence-electron chi connectivity index (χ2n) is 7.26. The van der Waals surface area contributed by atoms with Crippen LogP contribution in [0.1, 0.15) is 47.3 Å². The van der Waals surface area contributed by atoms with E-state index < -0.39 is 11.5 Å². The maximum atomic E-state index is 12.6. The Morgan fingerprint density at radius 2 is 1.86 bits per heavy atom. The van der Waals surface area contributed by atoms with E-state index in [2.05, 4.69) is 6.07 Å². The fourth-order valence-electron chi connectivity index (χ4n) is 3.62. The zero-order valence-electron chi connectivity index (χ0n) is 16.2. The van der Waals surface area contributed by atoms with Gasteiger partial charge in [0.15, 0.2) is 6.61 Å². The van der Waals surface area contributed by atoms with E-state index >= 15 is 0 Å². The number of hydrogen-bond donors (Lipinski definition) is 0. The summed E-state index contributed by atoms with van der Waals surface area (Å²) in [6.45, 7) is 1.65. The number of amides is 1. The van der Waals surface area contributed by atoms with E-state index in [4.69, 9.17) is 4.74 Å². The predicted octanol–water partition coefficient (Wildman–Crippen LogP) is 4.57. The number of carbonyl (C=O) groups excluding carboxylic acids is 2. The summed E-state index contributed by atoms with van der Waals surface area (Å²) in [5.74, 6) is -0.854. The molecule has 1 fully saturated rings. The van der Waals surface area contributed by atoms with Crippen LogP contribution in [-0.2, 0) is 9.53 Å². The summed E-state index contributed by atoms with van der Waals surface area (Å²) < 4.78 is 5.31. The lowest BCUT2D eigenvalue weighted by atomic mass is 9.81. The number of nitriles is 1. The summed E-state index contributed by atoms with van der Waals surface area (Å²) in [5.41, 5.74) is 2.10. The third-order valence-corrected chi connectivity index (χ3v) is 6.34. The largest absolute Gasteiger partial charge is 0.451 e. The highest BCUT2D eigenvalue weighted by atomic mass is 32.1. The van der Waals surface area contributed by atoms with Crippen LogP contribution in [0.3, 0.4) is 0 Å². The Balaban J connectivity index is 1.66. The fraction of sp³-hybridized carbons (Fsp3) is 0.409. The molecule has 0 unspecified atom stereocenters. The van der Waals surface area contributed by atoms with Gasteiger partial charge >= 0.3 is 5.97 Å². The molecule has 3 rings (SSSR count). The first kappa shape index (κ1) is 20.1. The van der Waals surface area contributed by atoms with E-state index in [1.54, 1.807) is 7.05 Å². The highest BCUT2D eigenvalue weighted by molar-refractivity contribution is 7.12. The van der Waals surface area contributed by atoms with Gasteiger partial charge in [-0.15, -0.1) is 11.3 Å². The van der Waals surface area contributed by atoms with Gasteiger partial charge in [0, 0.05) is 12.6 Å². The fourth-order valence-corrected chi connectivity index (χ4v) is 4.42. The van der Waals surface area contributed by atoms with Crippen molar-refractivity contribution in [3.63, 3.8) is 0 Å². The van der Waals surface area contributed by atoms with E-state index in [1.807, 2.05) is 42.6 Å². The van der Waals surface area contributed by atoms with Crippen LogP contribution in [0.25, 0.3) is 11.1 Å². The number of esters is 1. The van der Waals surface area contributed by atoms with Crippen molar-refractivity contribution in [2.45, 2.75) is 44.6 Å². The number of hydrogen-bond acceptors (Lipinski definition) is 5. The summed E-state index contributed by atoms with van der Waals surface area (Å²) in [4.78, 5) is 27.1. The average Bonchev–Trinajstić information content (AvgIpc) is 3.22. The van der Waals surface area contributed by atoms with Gasteiger partial charge in [0.25, 0.3) is 5.91 Å². The normalized spacial score (nSPS) is 15.5. The third kappa shape index (κ3) is 4.10. The first-order chi connectivity index (χ1) is 13.5. The SMILES string of the molecule is Cc1ccc(-c2ccsc2C(=O)OCC(=O)N(C)C2(C#N)CCCCC2)cc1. The Morgan fingerprint density at radius 1 is 1.18 bits per heavy atom. The van der Waals surface area contributed by atoms with E-state index in [1.165, 1.54) is 16.2 Å². The number of carbonyl (C=O) groups is 2. The molecule has 1 aliphatic carbocycles. The van der Waals surface area contributed by atoms with Gasteiger partial charge in [-0.3, -0.25) is 4.79 Å². The summed E-state index contributed by atoms with van der Waals surface area (Å²) >= 11 is 1.30. The molecule has 0 bridgehead atoms. The second-order valence-corrected chi connectivity index (χ2v) is 8.18. The van der Waals surface area contributed by atoms with Crippen LogP contribution in [-0.4, -0.2) is 36.0 Å². The quantitative estimate of drug-likeness (QED) is 0.695. The van der Waals surface area contributed by atoms with Crippen LogP contribution in [0.15, 0.2) is 35.7 Å². The summed E-state index contributed by atoms with van der Waals surface area (Å²) in [6.07, 6.45) is 4.28. The molecule has 1 heterocycles. The van der Waals surface area contributed by atoms with E-state index in [0.29, 0.717) is 17.7 Å². The smallest absolute Gasteiger partial charge is 0.349 e. The van der Waals surface area contributed by atoms with Crippen LogP contribution in [0.5, 0.6) is 0 Å². The van der Waals surface area contributed by atoms with Crippen LogP contribution in [0.2, 0.25) is 0 Å². The molecule has 6 heteroatoms. The topological polar surface area (TPSA) is 70.4 Å². The lowest BCUT2D eigenvalue weighted by Crippen LogP contribution is -2.51. The van der Waals surface area contributed by atoms with E-state index in [9.17, 15) is 14.9 Å². The second kappa shape index (κ2) is 8.57. The molecule has 146 valence electrons. The van der Waals surface area contributed by atoms with Gasteiger partial charge in [-0.2, -0.15) is 5.26 Å². The van der Waals surface area contributed by atoms with Crippen molar-refractivity contribution in [3.8, 4) is 17.2 Å². The molecule has 1 aromatic carbocycles. The average molecular weight is 397 g/mol. The third-order valence-electron chi connectivity index (χ3n) is 5.44. The van der Waals surface area contributed by atoms with Crippen LogP contribution >= 0.6 is 11.3 Å². The Kier molecular flexibility index (Phi) is 6.15. The first-order valence-corrected chi connectivity index (χ1v) is 10.3. The van der Waals surface area contributed by atoms with Gasteiger partial charge in [0.05, 0.1) is 6.07 Å². The van der Waals surface area contributed by atoms with Gasteiger partial charge < -0.3 is 9.64 Å². The number of thiophene rings is 1. The molecule has 0 saturated heterocycles. The maximum absolute atomic E-state index is 12.6. The number of likely N-dealkylation sites (N-methyl/N-ethyl adjacent to an activating group) is 1. The van der Waals surface area contributed by atoms with Crippen molar-refractivity contribution in [1.82, 2.24) is 4.90 Å². The Hall–Kier alpha value is -2.65. The Bertz CT molecular complexity index is 889. The van der Waals surface area contributed by atoms with Crippen LogP contribution in [0, 0.1) is 18.3 Å². The standard InChI is InChI=1S/C22H24N2O3S/c1-16-6-8-17(9-7-16)18-10-13-28-20(18)21(26)27-14-19(25)24(2)22(15-23)11-4-3-5-12-22/h6-10,13H,3-5,11-12,14H2,1-2H3. The van der Waals surface area contributed by atoms with Crippen molar-refractivity contribution in [2.24, 2.45) is 0 Å². The molecule has 1 aromatic heterocycles. The zero-order valence-corrected chi connectivity index (χ0v) is 17.1. The summed E-state index contributed by atoms with van der Waals surface area (Å²) in [6, 6.07) is 12.1. The van der Waals surface area contributed by atoms with Gasteiger partial charge in [-0.05, 0) is 36.8 Å². The minimum atomic E-state index is -0.780. The molecular formula is C22H24N2O3S. The molecule has 28 heavy (non-hydrogen) atoms. The Labute approximate surface area is 169 Å². The van der Waals surface area contributed by atoms with Gasteiger partial charge in [-0.25, -0.2) is 4.79 Å². The number of aryl methyl sites for hydroxylation is 1. The maximum Gasteiger partial charge on any atom is 0.349 e. The number of benzene rings is 1. The number of nitrogens with zero attached hydrogens (tertiary/aromatic N) is 2. The van der Waals surface area contributed by atoms with Gasteiger partial charge in [0.2, 0.25) is 0 Å². The Morgan fingerprint density at radius 3 is 2.50 bits per heavy atom. The van der Waals surface area contributed by atoms with Crippen LogP contribution < -0.4 is 0 Å². The lowest BCUT2D eigenvalue weighted by molar-refractivity contribution is -0.138. The van der Waals surface area contributed by atoms with E-state index in [-0.39, 0.29) is 12.5 Å². The molecule has 0 N–H and O–H groups in total. The summed E-state index contributed by atoms with van der Waals surface area (Å²) in [7, 11) is 1.63. The van der Waals surface area contributed by atoms with Crippen molar-refractivity contribution < 1.29 is 14.3 Å². The molecule has 0 spiro atoms. The van der Waals surface area contributed by atoms with Crippen molar-refractivity contribution in [3.05, 3.63) is 46.2 Å². The van der Waals surface area contributed by atoms with Crippen LogP contribution in [0.4, 0.5) is 0 Å². The molecule has 0 atom stereocenters. The highest BCUT2D eigenvalue weighted by Crippen LogP contribution is 2.33. The molecule has 1 amide bonds. The molecule has 5 nitrogen and oxygen atoms in total. The minimum Gasteiger partial charge on any atom is -0.451 e. The minimum absolute atomic E-state index is 0.342. The zero-order chi connectivity index (χ0) is 20.1. The van der Waals surface area contributed by atoms with Crippen molar-refractivity contribution in [2.75, 3.05) is 13.7 Å². The molecule has 1 aliphatic rings. The molecule has 0 radical (unpaired) electrons. The van der Waals surface area contributed by atoms with Gasteiger partial charge in [0.1, 0.15) is 10.4 Å².